The Balaban J connectivity index is 2.91. The Morgan fingerprint density at radius 3 is 2.65 bits per heavy atom. The smallest absolute Gasteiger partial charge is 0.323 e. The minimum atomic E-state index is -3.75. The van der Waals surface area contributed by atoms with Crippen molar-refractivity contribution >= 4 is 21.7 Å². The van der Waals surface area contributed by atoms with E-state index in [0.29, 0.717) is 11.3 Å². The van der Waals surface area contributed by atoms with Gasteiger partial charge in [0.15, 0.2) is 12.0 Å². The van der Waals surface area contributed by atoms with Gasteiger partial charge < -0.3 is 13.7 Å². The Labute approximate surface area is 105 Å². The Bertz CT molecular complexity index is 472. The zero-order valence-corrected chi connectivity index (χ0v) is 11.0. The molecule has 1 rings (SSSR count). The van der Waals surface area contributed by atoms with Crippen molar-refractivity contribution in [2.24, 2.45) is 0 Å². The Hall–Kier alpha value is -0.980. The first-order chi connectivity index (χ1) is 7.98. The molecule has 0 unspecified atom stereocenters. The van der Waals surface area contributed by atoms with E-state index in [2.05, 4.69) is 0 Å². The van der Waals surface area contributed by atoms with E-state index in [0.717, 1.165) is 0 Å². The summed E-state index contributed by atoms with van der Waals surface area (Å²) in [5.74, 6) is 0.650. The Morgan fingerprint density at radius 1 is 1.35 bits per heavy atom. The van der Waals surface area contributed by atoms with E-state index in [9.17, 15) is 8.42 Å². The van der Waals surface area contributed by atoms with E-state index in [1.165, 1.54) is 13.2 Å². The van der Waals surface area contributed by atoms with Crippen molar-refractivity contribution in [3.63, 3.8) is 0 Å². The topological polar surface area (TPSA) is 61.8 Å². The molecule has 17 heavy (non-hydrogen) atoms. The van der Waals surface area contributed by atoms with E-state index in [4.69, 9.17) is 25.3 Å². The predicted octanol–water partition coefficient (Wildman–Crippen LogP) is 1.88. The second-order valence-electron chi connectivity index (χ2n) is 3.23. The molecule has 1 aromatic rings. The monoisotopic (exact) mass is 280 g/mol. The summed E-state index contributed by atoms with van der Waals surface area (Å²) in [6.07, 6.45) is 0. The molecular weight excluding hydrogens is 268 g/mol. The largest absolute Gasteiger partial charge is 0.467 e. The van der Waals surface area contributed by atoms with Crippen LogP contribution >= 0.6 is 11.6 Å². The number of ether oxygens (including phenoxy) is 2. The van der Waals surface area contributed by atoms with Crippen LogP contribution in [0, 0.1) is 6.92 Å². The molecule has 0 aromatic heterocycles. The average Bonchev–Trinajstić information content (AvgIpc) is 2.30. The molecule has 0 aliphatic heterocycles. The van der Waals surface area contributed by atoms with Gasteiger partial charge in [-0.3, -0.25) is 0 Å². The molecule has 0 N–H and O–H groups in total. The third-order valence-electron chi connectivity index (χ3n) is 1.85. The van der Waals surface area contributed by atoms with Gasteiger partial charge in [0, 0.05) is 13.2 Å². The van der Waals surface area contributed by atoms with Crippen LogP contribution in [0.15, 0.2) is 18.2 Å². The molecule has 0 atom stereocenters. The summed E-state index contributed by atoms with van der Waals surface area (Å²) in [6, 6.07) is 4.84. The molecule has 0 radical (unpaired) electrons. The van der Waals surface area contributed by atoms with Crippen LogP contribution in [0.4, 0.5) is 0 Å². The SMILES string of the molecule is COCOc1ccc(C)c(OS(=O)(=O)CCl)c1. The first-order valence-electron chi connectivity index (χ1n) is 4.69. The van der Waals surface area contributed by atoms with Crippen LogP contribution in [-0.2, 0) is 14.9 Å². The number of hydrogen-bond acceptors (Lipinski definition) is 5. The number of aryl methyl sites for hydroxylation is 1. The number of rotatable bonds is 6. The van der Waals surface area contributed by atoms with Gasteiger partial charge in [-0.05, 0) is 18.6 Å². The van der Waals surface area contributed by atoms with Gasteiger partial charge in [0.2, 0.25) is 0 Å². The number of halogens is 1. The van der Waals surface area contributed by atoms with Gasteiger partial charge in [-0.15, -0.1) is 11.6 Å². The minimum Gasteiger partial charge on any atom is -0.467 e. The highest BCUT2D eigenvalue weighted by Crippen LogP contribution is 2.25. The van der Waals surface area contributed by atoms with Gasteiger partial charge in [0.1, 0.15) is 11.5 Å². The maximum atomic E-state index is 11.2. The molecule has 0 fully saturated rings. The van der Waals surface area contributed by atoms with Crippen molar-refractivity contribution in [1.29, 1.82) is 0 Å². The lowest BCUT2D eigenvalue weighted by Crippen LogP contribution is -2.11. The highest BCUT2D eigenvalue weighted by atomic mass is 35.5. The molecule has 0 spiro atoms. The fourth-order valence-electron chi connectivity index (χ4n) is 1.05. The van der Waals surface area contributed by atoms with Crippen molar-refractivity contribution in [3.8, 4) is 11.5 Å². The van der Waals surface area contributed by atoms with Gasteiger partial charge in [-0.25, -0.2) is 0 Å². The van der Waals surface area contributed by atoms with Gasteiger partial charge in [0.25, 0.3) is 0 Å². The molecule has 0 saturated heterocycles. The van der Waals surface area contributed by atoms with Gasteiger partial charge in [-0.1, -0.05) is 6.07 Å². The van der Waals surface area contributed by atoms with Crippen molar-refractivity contribution in [3.05, 3.63) is 23.8 Å². The van der Waals surface area contributed by atoms with Crippen LogP contribution < -0.4 is 8.92 Å². The molecule has 96 valence electrons. The molecular formula is C10H13ClO5S. The molecule has 7 heteroatoms. The second kappa shape index (κ2) is 6.09. The van der Waals surface area contributed by atoms with E-state index in [1.54, 1.807) is 19.1 Å². The molecule has 1 aromatic carbocycles. The highest BCUT2D eigenvalue weighted by Gasteiger charge is 2.13. The summed E-state index contributed by atoms with van der Waals surface area (Å²) >= 11 is 5.25. The first kappa shape index (κ1) is 14.1. The molecule has 0 saturated carbocycles. The van der Waals surface area contributed by atoms with Crippen LogP contribution in [0.2, 0.25) is 0 Å². The average molecular weight is 281 g/mol. The van der Waals surface area contributed by atoms with Crippen LogP contribution in [0.1, 0.15) is 5.56 Å². The Morgan fingerprint density at radius 2 is 2.06 bits per heavy atom. The molecule has 0 aliphatic carbocycles. The first-order valence-corrected chi connectivity index (χ1v) is 6.80. The molecule has 0 heterocycles. The maximum absolute atomic E-state index is 11.2. The summed E-state index contributed by atoms with van der Waals surface area (Å²) in [6.45, 7) is 1.80. The zero-order valence-electron chi connectivity index (χ0n) is 9.47. The summed E-state index contributed by atoms with van der Waals surface area (Å²) in [7, 11) is -2.26. The van der Waals surface area contributed by atoms with Crippen LogP contribution in [0.3, 0.4) is 0 Å². The van der Waals surface area contributed by atoms with Crippen LogP contribution in [0.5, 0.6) is 11.5 Å². The predicted molar refractivity (Wildman–Crippen MR) is 64.0 cm³/mol. The van der Waals surface area contributed by atoms with Gasteiger partial charge in [-0.2, -0.15) is 8.42 Å². The molecule has 0 amide bonds. The van der Waals surface area contributed by atoms with Crippen molar-refractivity contribution in [2.75, 3.05) is 19.1 Å². The molecule has 5 nitrogen and oxygen atoms in total. The summed E-state index contributed by atoms with van der Waals surface area (Å²) in [5, 5.41) is -0.602. The van der Waals surface area contributed by atoms with Crippen molar-refractivity contribution in [1.82, 2.24) is 0 Å². The van der Waals surface area contributed by atoms with E-state index in [-0.39, 0.29) is 12.5 Å². The standard InChI is InChI=1S/C10H13ClO5S/c1-8-3-4-9(15-7-14-2)5-10(8)16-17(12,13)6-11/h3-5H,6-7H2,1-2H3. The lowest BCUT2D eigenvalue weighted by Gasteiger charge is -2.10. The summed E-state index contributed by atoms with van der Waals surface area (Å²) in [5.41, 5.74) is 0.670. The van der Waals surface area contributed by atoms with E-state index < -0.39 is 15.3 Å². The fraction of sp³-hybridized carbons (Fsp3) is 0.400. The lowest BCUT2D eigenvalue weighted by molar-refractivity contribution is 0.0510. The van der Waals surface area contributed by atoms with E-state index in [1.807, 2.05) is 0 Å². The highest BCUT2D eigenvalue weighted by molar-refractivity contribution is 7.88. The van der Waals surface area contributed by atoms with Gasteiger partial charge >= 0.3 is 10.1 Å². The van der Waals surface area contributed by atoms with Gasteiger partial charge in [0.05, 0.1) is 0 Å². The van der Waals surface area contributed by atoms with Crippen molar-refractivity contribution < 1.29 is 22.1 Å². The summed E-state index contributed by atoms with van der Waals surface area (Å²) in [4.78, 5) is 0. The maximum Gasteiger partial charge on any atom is 0.323 e. The normalized spacial score (nSPS) is 11.2. The quantitative estimate of drug-likeness (QED) is 0.452. The fourth-order valence-corrected chi connectivity index (χ4v) is 1.68. The third-order valence-corrected chi connectivity index (χ3v) is 3.36. The van der Waals surface area contributed by atoms with Crippen molar-refractivity contribution in [2.45, 2.75) is 6.92 Å². The number of methoxy groups -OCH3 is 1. The molecule has 0 bridgehead atoms. The second-order valence-corrected chi connectivity index (χ2v) is 5.38. The number of alkyl halides is 1. The van der Waals surface area contributed by atoms with Crippen LogP contribution in [-0.4, -0.2) is 27.5 Å². The van der Waals surface area contributed by atoms with E-state index >= 15 is 0 Å². The Kier molecular flexibility index (Phi) is 5.04. The minimum absolute atomic E-state index is 0.0742. The summed E-state index contributed by atoms with van der Waals surface area (Å²) < 4.78 is 37.2. The molecule has 0 aliphatic rings. The number of hydrogen-bond donors (Lipinski definition) is 0. The van der Waals surface area contributed by atoms with Crippen LogP contribution in [0.25, 0.3) is 0 Å². The number of benzene rings is 1. The zero-order chi connectivity index (χ0) is 12.9. The third kappa shape index (κ3) is 4.41. The lowest BCUT2D eigenvalue weighted by atomic mass is 10.2.